The van der Waals surface area contributed by atoms with E-state index in [0.717, 1.165) is 89.9 Å². The van der Waals surface area contributed by atoms with Crippen LogP contribution in [0.2, 0.25) is 0 Å². The minimum atomic E-state index is -1.62. The second-order valence-electron chi connectivity index (χ2n) is 21.8. The summed E-state index contributed by atoms with van der Waals surface area (Å²) in [7, 11) is 0. The highest BCUT2D eigenvalue weighted by atomic mass is 16.7. The Balaban J connectivity index is 2.69. The van der Waals surface area contributed by atoms with E-state index in [9.17, 15) is 35.1 Å². The van der Waals surface area contributed by atoms with Gasteiger partial charge in [-0.2, -0.15) is 0 Å². The number of nitrogens with one attached hydrogen (secondary N) is 1. The van der Waals surface area contributed by atoms with Gasteiger partial charge in [-0.05, 0) is 89.9 Å². The predicted octanol–water partition coefficient (Wildman–Crippen LogP) is 15.0. The molecule has 11 nitrogen and oxygen atoms in total. The first-order valence-corrected chi connectivity index (χ1v) is 31.6. The Kier molecular flexibility index (Phi) is 49.8. The van der Waals surface area contributed by atoms with Crippen LogP contribution in [-0.2, 0) is 23.8 Å². The monoisotopic (exact) mass is 1070 g/mol. The first-order valence-electron chi connectivity index (χ1n) is 31.6. The molecule has 0 saturated carbocycles. The number of amides is 1. The molecule has 1 fully saturated rings. The van der Waals surface area contributed by atoms with E-state index in [2.05, 4.69) is 74.7 Å². The zero-order valence-corrected chi connectivity index (χ0v) is 48.9. The number of hydrogen-bond donors (Lipinski definition) is 6. The van der Waals surface area contributed by atoms with E-state index >= 15 is 0 Å². The minimum Gasteiger partial charge on any atom is -0.454 e. The Morgan fingerprint density at radius 1 is 0.513 bits per heavy atom. The number of aliphatic hydroxyl groups is 5. The number of allylic oxidation sites excluding steroid dienone is 9. The van der Waals surface area contributed by atoms with Crippen molar-refractivity contribution in [1.29, 1.82) is 0 Å². The lowest BCUT2D eigenvalue weighted by Crippen LogP contribution is -2.61. The van der Waals surface area contributed by atoms with Gasteiger partial charge in [0.1, 0.15) is 24.4 Å². The van der Waals surface area contributed by atoms with Gasteiger partial charge in [0.2, 0.25) is 5.91 Å². The first-order chi connectivity index (χ1) is 37.2. The lowest BCUT2D eigenvalue weighted by molar-refractivity contribution is -0.305. The van der Waals surface area contributed by atoms with E-state index in [1.807, 2.05) is 6.08 Å². The van der Waals surface area contributed by atoms with Crippen molar-refractivity contribution in [2.75, 3.05) is 13.2 Å². The maximum absolute atomic E-state index is 13.4. The maximum atomic E-state index is 13.4. The first kappa shape index (κ1) is 71.4. The molecule has 0 spiro atoms. The summed E-state index contributed by atoms with van der Waals surface area (Å²) >= 11 is 0. The summed E-state index contributed by atoms with van der Waals surface area (Å²) in [6.45, 7) is 5.75. The van der Waals surface area contributed by atoms with E-state index < -0.39 is 67.4 Å². The predicted molar refractivity (Wildman–Crippen MR) is 315 cm³/mol. The Morgan fingerprint density at radius 3 is 1.39 bits per heavy atom. The van der Waals surface area contributed by atoms with Crippen LogP contribution in [0.4, 0.5) is 0 Å². The maximum Gasteiger partial charge on any atom is 0.306 e. The molecule has 11 heteroatoms. The fourth-order valence-electron chi connectivity index (χ4n) is 9.59. The molecule has 1 aliphatic heterocycles. The van der Waals surface area contributed by atoms with E-state index in [1.54, 1.807) is 6.08 Å². The van der Waals surface area contributed by atoms with Crippen molar-refractivity contribution in [3.8, 4) is 0 Å². The molecule has 442 valence electrons. The van der Waals surface area contributed by atoms with Gasteiger partial charge in [0.25, 0.3) is 0 Å². The normalized spacial score (nSPS) is 19.5. The van der Waals surface area contributed by atoms with E-state index in [-0.39, 0.29) is 19.4 Å². The number of carbonyl (C=O) groups is 2. The molecule has 76 heavy (non-hydrogen) atoms. The number of unbranched alkanes of at least 4 members (excludes halogenated alkanes) is 31. The Labute approximate surface area is 465 Å². The van der Waals surface area contributed by atoms with Gasteiger partial charge in [-0.1, -0.05) is 242 Å². The molecule has 1 amide bonds. The highest BCUT2D eigenvalue weighted by Gasteiger charge is 2.47. The number of esters is 1. The number of rotatable bonds is 53. The lowest BCUT2D eigenvalue weighted by Gasteiger charge is -2.41. The number of aliphatic hydroxyl groups excluding tert-OH is 5. The van der Waals surface area contributed by atoms with Gasteiger partial charge in [0.05, 0.1) is 25.4 Å². The topological polar surface area (TPSA) is 175 Å². The molecule has 8 unspecified atom stereocenters. The second kappa shape index (κ2) is 53.0. The van der Waals surface area contributed by atoms with Gasteiger partial charge < -0.3 is 45.1 Å². The van der Waals surface area contributed by atoms with Crippen LogP contribution in [-0.4, -0.2) is 99.6 Å². The third-order valence-electron chi connectivity index (χ3n) is 14.6. The Hall–Kier alpha value is -2.64. The van der Waals surface area contributed by atoms with Crippen molar-refractivity contribution in [1.82, 2.24) is 5.32 Å². The Bertz CT molecular complexity index is 1460. The van der Waals surface area contributed by atoms with Crippen molar-refractivity contribution in [3.63, 3.8) is 0 Å². The number of hydrogen-bond acceptors (Lipinski definition) is 10. The van der Waals surface area contributed by atoms with Crippen molar-refractivity contribution in [2.24, 2.45) is 0 Å². The Morgan fingerprint density at radius 2 is 0.908 bits per heavy atom. The molecule has 1 saturated heterocycles. The molecule has 0 bridgehead atoms. The third kappa shape index (κ3) is 40.5. The molecular weight excluding hydrogens is 955 g/mol. The number of ether oxygens (including phenoxy) is 3. The molecule has 0 aliphatic carbocycles. The lowest BCUT2D eigenvalue weighted by atomic mass is 9.99. The van der Waals surface area contributed by atoms with Crippen LogP contribution in [0.15, 0.2) is 60.8 Å². The second-order valence-corrected chi connectivity index (χ2v) is 21.8. The van der Waals surface area contributed by atoms with Crippen LogP contribution in [0.1, 0.15) is 278 Å². The fourth-order valence-corrected chi connectivity index (χ4v) is 9.59. The average Bonchev–Trinajstić information content (AvgIpc) is 3.42. The van der Waals surface area contributed by atoms with Gasteiger partial charge in [0.15, 0.2) is 12.4 Å². The van der Waals surface area contributed by atoms with Crippen molar-refractivity contribution in [2.45, 2.75) is 327 Å². The standard InChI is InChI=1S/C65H117NO10/c1-4-7-10-13-16-19-22-25-27-29-31-32-34-37-40-43-46-49-52-58(69)64(73)66-56(57(68)51-48-45-42-39-36-24-21-18-15-12-9-6-3)55-74-65-63(62(72)61(71)59(54-67)75-65)76-60(70)53-50-47-44-41-38-35-33-30-28-26-23-20-17-14-11-8-5-2/h17,20,25-28,33,35,48,51,56-59,61-63,65,67-69,71-72H,4-16,18-19,21-24,29-32,34,36-47,49-50,52-55H2,1-3H3,(H,66,73)/b20-17-,27-25+,28-26-,35-33-,51-48+. The van der Waals surface area contributed by atoms with Crippen molar-refractivity contribution in [3.05, 3.63) is 60.8 Å². The molecular formula is C65H117NO10. The third-order valence-corrected chi connectivity index (χ3v) is 14.6. The smallest absolute Gasteiger partial charge is 0.306 e. The van der Waals surface area contributed by atoms with Gasteiger partial charge in [-0.3, -0.25) is 9.59 Å². The van der Waals surface area contributed by atoms with Crippen molar-refractivity contribution < 1.29 is 49.3 Å². The summed E-state index contributed by atoms with van der Waals surface area (Å²) in [6, 6.07) is -1.03. The molecule has 6 N–H and O–H groups in total. The van der Waals surface area contributed by atoms with Gasteiger partial charge in [-0.15, -0.1) is 0 Å². The van der Waals surface area contributed by atoms with Crippen LogP contribution in [0.25, 0.3) is 0 Å². The molecule has 0 aromatic rings. The molecule has 0 radical (unpaired) electrons. The largest absolute Gasteiger partial charge is 0.454 e. The highest BCUT2D eigenvalue weighted by Crippen LogP contribution is 2.26. The summed E-state index contributed by atoms with van der Waals surface area (Å²) in [5, 5.41) is 57.0. The summed E-state index contributed by atoms with van der Waals surface area (Å²) < 4.78 is 17.6. The molecule has 0 aromatic heterocycles. The van der Waals surface area contributed by atoms with E-state index in [0.29, 0.717) is 12.8 Å². The van der Waals surface area contributed by atoms with Crippen LogP contribution < -0.4 is 5.32 Å². The van der Waals surface area contributed by atoms with E-state index in [1.165, 1.54) is 141 Å². The molecule has 1 heterocycles. The zero-order valence-electron chi connectivity index (χ0n) is 48.9. The fraction of sp³-hybridized carbons (Fsp3) is 0.815. The van der Waals surface area contributed by atoms with Gasteiger partial charge in [0, 0.05) is 6.42 Å². The molecule has 0 aromatic carbocycles. The van der Waals surface area contributed by atoms with Crippen LogP contribution in [0, 0.1) is 0 Å². The minimum absolute atomic E-state index is 0.0970. The van der Waals surface area contributed by atoms with E-state index in [4.69, 9.17) is 14.2 Å². The SMILES string of the molecule is CCCCC/C=C\C/C=C\C/C=C\CCCCCCC(=O)OC1C(OCC(NC(=O)C(O)CCCCCCCCCC/C=C/CCCCCCCC)C(O)/C=C/CCCCCCCCCCCC)OC(CO)C(O)C1O. The van der Waals surface area contributed by atoms with Crippen LogP contribution >= 0.6 is 0 Å². The molecule has 1 rings (SSSR count). The summed E-state index contributed by atoms with van der Waals surface area (Å²) in [5.41, 5.74) is 0. The van der Waals surface area contributed by atoms with Crippen LogP contribution in [0.3, 0.4) is 0 Å². The quantitative estimate of drug-likeness (QED) is 0.0195. The number of carbonyl (C=O) groups excluding carboxylic acids is 2. The highest BCUT2D eigenvalue weighted by molar-refractivity contribution is 5.80. The summed E-state index contributed by atoms with van der Waals surface area (Å²) in [4.78, 5) is 26.5. The van der Waals surface area contributed by atoms with Gasteiger partial charge >= 0.3 is 5.97 Å². The summed E-state index contributed by atoms with van der Waals surface area (Å²) in [5.74, 6) is -1.22. The summed E-state index contributed by atoms with van der Waals surface area (Å²) in [6.07, 6.45) is 55.4. The molecule has 8 atom stereocenters. The van der Waals surface area contributed by atoms with Gasteiger partial charge in [-0.25, -0.2) is 0 Å². The zero-order chi connectivity index (χ0) is 55.4. The average molecular weight is 1070 g/mol. The molecule has 1 aliphatic rings. The van der Waals surface area contributed by atoms with Crippen LogP contribution in [0.5, 0.6) is 0 Å². The van der Waals surface area contributed by atoms with Crippen molar-refractivity contribution >= 4 is 11.9 Å².